The minimum atomic E-state index is -0.447. The topological polar surface area (TPSA) is 16.4 Å². The minimum absolute atomic E-state index is 0.126. The van der Waals surface area contributed by atoms with Gasteiger partial charge in [0, 0.05) is 39.3 Å². The number of benzene rings is 9. The van der Waals surface area contributed by atoms with Crippen molar-refractivity contribution in [1.82, 2.24) is 0 Å². The van der Waals surface area contributed by atoms with Crippen molar-refractivity contribution in [1.29, 1.82) is 0 Å². The Morgan fingerprint density at radius 3 is 1.68 bits per heavy atom. The molecule has 10 aromatic rings. The zero-order valence-electron chi connectivity index (χ0n) is 33.6. The van der Waals surface area contributed by atoms with E-state index in [1.54, 1.807) is 0 Å². The van der Waals surface area contributed by atoms with Crippen molar-refractivity contribution in [3.05, 3.63) is 246 Å². The largest absolute Gasteiger partial charge is 0.456 e. The lowest BCUT2D eigenvalue weighted by atomic mass is 9.67. The lowest BCUT2D eigenvalue weighted by molar-refractivity contribution is 0.660. The molecule has 60 heavy (non-hydrogen) atoms. The molecule has 0 saturated carbocycles. The highest BCUT2D eigenvalue weighted by Crippen LogP contribution is 2.58. The molecule has 1 aromatic heterocycles. The van der Waals surface area contributed by atoms with Crippen LogP contribution in [0.2, 0.25) is 0 Å². The van der Waals surface area contributed by atoms with E-state index in [-0.39, 0.29) is 5.41 Å². The number of fused-ring (bicyclic) bond motifs is 9. The Balaban J connectivity index is 1.03. The Labute approximate surface area is 350 Å². The molecule has 0 saturated heterocycles. The summed E-state index contributed by atoms with van der Waals surface area (Å²) in [5.41, 5.74) is 19.9. The van der Waals surface area contributed by atoms with Crippen LogP contribution in [0.3, 0.4) is 0 Å². The van der Waals surface area contributed by atoms with Crippen LogP contribution in [0.25, 0.3) is 55.3 Å². The number of hydrogen-bond acceptors (Lipinski definition) is 2. The van der Waals surface area contributed by atoms with E-state index in [2.05, 4.69) is 219 Å². The third-order valence-corrected chi connectivity index (χ3v) is 13.4. The summed E-state index contributed by atoms with van der Waals surface area (Å²) in [4.78, 5) is 2.39. The van der Waals surface area contributed by atoms with Crippen LogP contribution in [0.5, 0.6) is 0 Å². The van der Waals surface area contributed by atoms with Gasteiger partial charge in [-0.15, -0.1) is 0 Å². The van der Waals surface area contributed by atoms with Gasteiger partial charge in [-0.2, -0.15) is 0 Å². The number of anilines is 3. The summed E-state index contributed by atoms with van der Waals surface area (Å²) in [6.07, 6.45) is 0. The van der Waals surface area contributed by atoms with Gasteiger partial charge in [-0.3, -0.25) is 0 Å². The fourth-order valence-corrected chi connectivity index (χ4v) is 10.7. The zero-order chi connectivity index (χ0) is 40.0. The highest BCUT2D eigenvalue weighted by Gasteiger charge is 2.46. The maximum atomic E-state index is 6.47. The zero-order valence-corrected chi connectivity index (χ0v) is 33.6. The Kier molecular flexibility index (Phi) is 7.52. The van der Waals surface area contributed by atoms with Gasteiger partial charge in [0.2, 0.25) is 0 Å². The average molecular weight is 768 g/mol. The van der Waals surface area contributed by atoms with E-state index in [0.717, 1.165) is 39.0 Å². The van der Waals surface area contributed by atoms with Crippen LogP contribution in [0, 0.1) is 0 Å². The van der Waals surface area contributed by atoms with Gasteiger partial charge in [0.05, 0.1) is 5.41 Å². The number of furan rings is 1. The van der Waals surface area contributed by atoms with E-state index < -0.39 is 5.41 Å². The molecule has 2 aliphatic carbocycles. The van der Waals surface area contributed by atoms with Crippen molar-refractivity contribution in [2.24, 2.45) is 0 Å². The summed E-state index contributed by atoms with van der Waals surface area (Å²) in [7, 11) is 0. The molecule has 0 fully saturated rings. The van der Waals surface area contributed by atoms with Crippen molar-refractivity contribution in [3.63, 3.8) is 0 Å². The summed E-state index contributed by atoms with van der Waals surface area (Å²) in [6.45, 7) is 4.70. The molecule has 0 atom stereocenters. The number of rotatable bonds is 6. The first-order chi connectivity index (χ1) is 29.5. The van der Waals surface area contributed by atoms with E-state index in [9.17, 15) is 0 Å². The Morgan fingerprint density at radius 2 is 0.917 bits per heavy atom. The lowest BCUT2D eigenvalue weighted by Gasteiger charge is -2.34. The van der Waals surface area contributed by atoms with Gasteiger partial charge in [0.15, 0.2) is 0 Å². The Bertz CT molecular complexity index is 3240. The maximum absolute atomic E-state index is 6.47. The molecule has 0 radical (unpaired) electrons. The van der Waals surface area contributed by atoms with Crippen LogP contribution >= 0.6 is 0 Å². The quantitative estimate of drug-likeness (QED) is 0.168. The Morgan fingerprint density at radius 1 is 0.367 bits per heavy atom. The summed E-state index contributed by atoms with van der Waals surface area (Å²) >= 11 is 0. The van der Waals surface area contributed by atoms with Gasteiger partial charge in [-0.05, 0) is 109 Å². The minimum Gasteiger partial charge on any atom is -0.456 e. The molecule has 0 N–H and O–H groups in total. The monoisotopic (exact) mass is 767 g/mol. The SMILES string of the molecule is CC1(C)c2ccccc2-c2ccc(N(c3ccc(-c4cccc5c4-c4ccccc4C5(c4ccccc4)c4ccccc4)cc3)c3ccc4c(c3)oc3ccccc34)cc21. The van der Waals surface area contributed by atoms with Crippen LogP contribution in [-0.4, -0.2) is 0 Å². The van der Waals surface area contributed by atoms with Gasteiger partial charge >= 0.3 is 0 Å². The molecule has 0 unspecified atom stereocenters. The number of hydrogen-bond donors (Lipinski definition) is 0. The van der Waals surface area contributed by atoms with E-state index >= 15 is 0 Å². The number of para-hydroxylation sites is 1. The van der Waals surface area contributed by atoms with E-state index in [4.69, 9.17) is 4.42 Å². The first-order valence-corrected chi connectivity index (χ1v) is 20.9. The summed E-state index contributed by atoms with van der Waals surface area (Å²) < 4.78 is 6.47. The second kappa shape index (κ2) is 13.0. The van der Waals surface area contributed by atoms with Gasteiger partial charge in [0.1, 0.15) is 11.2 Å². The molecule has 2 heteroatoms. The van der Waals surface area contributed by atoms with Crippen molar-refractivity contribution in [3.8, 4) is 33.4 Å². The molecule has 2 nitrogen and oxygen atoms in total. The van der Waals surface area contributed by atoms with Crippen molar-refractivity contribution in [2.45, 2.75) is 24.7 Å². The maximum Gasteiger partial charge on any atom is 0.137 e. The van der Waals surface area contributed by atoms with Crippen molar-refractivity contribution >= 4 is 39.0 Å². The predicted molar refractivity (Wildman–Crippen MR) is 249 cm³/mol. The molecular formula is C58H41NO. The van der Waals surface area contributed by atoms with Gasteiger partial charge in [-0.25, -0.2) is 0 Å². The van der Waals surface area contributed by atoms with Crippen molar-refractivity contribution in [2.75, 3.05) is 4.90 Å². The molecule has 0 aliphatic heterocycles. The van der Waals surface area contributed by atoms with Gasteiger partial charge in [0.25, 0.3) is 0 Å². The van der Waals surface area contributed by atoms with Crippen LogP contribution in [0.15, 0.2) is 217 Å². The lowest BCUT2D eigenvalue weighted by Crippen LogP contribution is -2.28. The molecule has 0 spiro atoms. The first kappa shape index (κ1) is 34.6. The number of nitrogens with zero attached hydrogens (tertiary/aromatic N) is 1. The second-order valence-electron chi connectivity index (χ2n) is 16.8. The second-order valence-corrected chi connectivity index (χ2v) is 16.8. The highest BCUT2D eigenvalue weighted by atomic mass is 16.3. The van der Waals surface area contributed by atoms with Crippen molar-refractivity contribution < 1.29 is 4.42 Å². The molecule has 9 aromatic carbocycles. The fraction of sp³-hybridized carbons (Fsp3) is 0.0690. The fourth-order valence-electron chi connectivity index (χ4n) is 10.7. The van der Waals surface area contributed by atoms with Crippen LogP contribution in [0.1, 0.15) is 47.2 Å². The molecule has 12 rings (SSSR count). The van der Waals surface area contributed by atoms with Gasteiger partial charge < -0.3 is 9.32 Å². The first-order valence-electron chi connectivity index (χ1n) is 20.9. The van der Waals surface area contributed by atoms with Gasteiger partial charge in [-0.1, -0.05) is 178 Å². The smallest absolute Gasteiger partial charge is 0.137 e. The highest BCUT2D eigenvalue weighted by molar-refractivity contribution is 6.06. The molecule has 1 heterocycles. The molecule has 2 aliphatic rings. The Hall–Kier alpha value is -7.42. The van der Waals surface area contributed by atoms with Crippen LogP contribution in [0.4, 0.5) is 17.1 Å². The van der Waals surface area contributed by atoms with Crippen LogP contribution < -0.4 is 4.90 Å². The molecule has 0 amide bonds. The predicted octanol–water partition coefficient (Wildman–Crippen LogP) is 15.4. The molecular weight excluding hydrogens is 727 g/mol. The molecule has 284 valence electrons. The third kappa shape index (κ3) is 4.88. The summed E-state index contributed by atoms with van der Waals surface area (Å²) in [6, 6.07) is 77.9. The van der Waals surface area contributed by atoms with E-state index in [0.29, 0.717) is 0 Å². The summed E-state index contributed by atoms with van der Waals surface area (Å²) in [5.74, 6) is 0. The average Bonchev–Trinajstić information content (AvgIpc) is 3.91. The van der Waals surface area contributed by atoms with E-state index in [1.807, 2.05) is 12.1 Å². The normalized spacial score (nSPS) is 14.1. The van der Waals surface area contributed by atoms with Crippen LogP contribution in [-0.2, 0) is 10.8 Å². The third-order valence-electron chi connectivity index (χ3n) is 13.4. The summed E-state index contributed by atoms with van der Waals surface area (Å²) in [5, 5.41) is 2.25. The molecule has 0 bridgehead atoms. The standard InChI is InChI=1S/C58H41NO/c1-57(2)50-24-12-9-20-45(50)46-34-32-42(36-53(46)57)59(43-33-35-48-47-21-11-14-27-54(47)60-55(48)37-43)41-30-28-38(29-31-41)44-23-15-26-52-56(44)49-22-10-13-25-51(49)58(52,39-16-5-3-6-17-39)40-18-7-4-8-19-40/h3-37H,1-2H3. The van der Waals surface area contributed by atoms with E-state index in [1.165, 1.54) is 66.8 Å².